The Labute approximate surface area is 140 Å². The summed E-state index contributed by atoms with van der Waals surface area (Å²) in [5.41, 5.74) is 0.765. The highest BCUT2D eigenvalue weighted by Gasteiger charge is 2.25. The van der Waals surface area contributed by atoms with Gasteiger partial charge in [-0.25, -0.2) is 9.78 Å². The maximum absolute atomic E-state index is 12.1. The first-order valence-electron chi connectivity index (χ1n) is 6.98. The standard InChI is InChI=1S/C14H14N4O3S2/c19-11-4-3-9(17-14(21)18-11)12(20)15-6-8-7-23-13(16-8)10-2-1-5-22-10/h1-2,5,7,9H,3-4,6H2,(H,15,20)(H2,17,18,19,21). The summed E-state index contributed by atoms with van der Waals surface area (Å²) in [6.45, 7) is 0.286. The van der Waals surface area contributed by atoms with Crippen molar-refractivity contribution < 1.29 is 14.4 Å². The number of carbonyl (C=O) groups is 3. The number of hydrogen-bond donors (Lipinski definition) is 3. The summed E-state index contributed by atoms with van der Waals surface area (Å²) in [4.78, 5) is 40.3. The van der Waals surface area contributed by atoms with Crippen molar-refractivity contribution in [2.45, 2.75) is 25.4 Å². The third-order valence-corrected chi connectivity index (χ3v) is 5.19. The Bertz CT molecular complexity index is 726. The highest BCUT2D eigenvalue weighted by atomic mass is 32.1. The average Bonchev–Trinajstić information content (AvgIpc) is 3.16. The van der Waals surface area contributed by atoms with Crippen LogP contribution in [0.25, 0.3) is 9.88 Å². The number of aromatic nitrogens is 1. The Hall–Kier alpha value is -2.26. The van der Waals surface area contributed by atoms with Gasteiger partial charge in [-0.15, -0.1) is 22.7 Å². The molecule has 3 heterocycles. The van der Waals surface area contributed by atoms with Crippen molar-refractivity contribution in [3.63, 3.8) is 0 Å². The highest BCUT2D eigenvalue weighted by molar-refractivity contribution is 7.20. The van der Waals surface area contributed by atoms with E-state index in [4.69, 9.17) is 0 Å². The Morgan fingerprint density at radius 1 is 1.39 bits per heavy atom. The third-order valence-electron chi connectivity index (χ3n) is 3.26. The van der Waals surface area contributed by atoms with Gasteiger partial charge >= 0.3 is 6.03 Å². The molecule has 0 spiro atoms. The van der Waals surface area contributed by atoms with E-state index in [2.05, 4.69) is 20.9 Å². The van der Waals surface area contributed by atoms with Crippen LogP contribution in [0.5, 0.6) is 0 Å². The van der Waals surface area contributed by atoms with Crippen LogP contribution in [0.1, 0.15) is 18.5 Å². The largest absolute Gasteiger partial charge is 0.349 e. The van der Waals surface area contributed by atoms with E-state index in [9.17, 15) is 14.4 Å². The fourth-order valence-corrected chi connectivity index (χ4v) is 3.76. The molecule has 0 aromatic carbocycles. The molecule has 2 aromatic rings. The number of urea groups is 1. The van der Waals surface area contributed by atoms with Gasteiger partial charge in [0.25, 0.3) is 0 Å². The van der Waals surface area contributed by atoms with Crippen molar-refractivity contribution in [1.29, 1.82) is 0 Å². The molecule has 1 unspecified atom stereocenters. The zero-order valence-electron chi connectivity index (χ0n) is 12.0. The van der Waals surface area contributed by atoms with E-state index < -0.39 is 12.1 Å². The number of imide groups is 1. The first-order chi connectivity index (χ1) is 11.1. The minimum absolute atomic E-state index is 0.135. The quantitative estimate of drug-likeness (QED) is 0.777. The van der Waals surface area contributed by atoms with E-state index in [0.29, 0.717) is 0 Å². The first kappa shape index (κ1) is 15.6. The van der Waals surface area contributed by atoms with E-state index in [0.717, 1.165) is 15.6 Å². The molecule has 0 aliphatic carbocycles. The molecule has 0 saturated carbocycles. The Balaban J connectivity index is 1.56. The van der Waals surface area contributed by atoms with Gasteiger partial charge in [-0.3, -0.25) is 14.9 Å². The van der Waals surface area contributed by atoms with Crippen LogP contribution < -0.4 is 16.0 Å². The third kappa shape index (κ3) is 3.93. The van der Waals surface area contributed by atoms with Crippen LogP contribution in [0.15, 0.2) is 22.9 Å². The molecule has 4 amide bonds. The van der Waals surface area contributed by atoms with Gasteiger partial charge < -0.3 is 10.6 Å². The number of nitrogens with one attached hydrogen (secondary N) is 3. The van der Waals surface area contributed by atoms with Crippen LogP contribution in [0.2, 0.25) is 0 Å². The fourth-order valence-electron chi connectivity index (χ4n) is 2.13. The molecule has 1 aliphatic heterocycles. The van der Waals surface area contributed by atoms with E-state index in [1.165, 1.54) is 11.3 Å². The predicted molar refractivity (Wildman–Crippen MR) is 87.0 cm³/mol. The zero-order chi connectivity index (χ0) is 16.2. The fraction of sp³-hybridized carbons (Fsp3) is 0.286. The molecule has 1 saturated heterocycles. The number of rotatable bonds is 4. The summed E-state index contributed by atoms with van der Waals surface area (Å²) in [5.74, 6) is -0.696. The van der Waals surface area contributed by atoms with Crippen molar-refractivity contribution in [3.05, 3.63) is 28.6 Å². The SMILES string of the molecule is O=C1CCC(C(=O)NCc2csc(-c3cccs3)n2)NC(=O)N1. The summed E-state index contributed by atoms with van der Waals surface area (Å²) >= 11 is 3.14. The van der Waals surface area contributed by atoms with Crippen molar-refractivity contribution in [2.24, 2.45) is 0 Å². The summed E-state index contributed by atoms with van der Waals surface area (Å²) in [5, 5.41) is 12.2. The molecule has 7 nitrogen and oxygen atoms in total. The maximum Gasteiger partial charge on any atom is 0.322 e. The number of thiazole rings is 1. The lowest BCUT2D eigenvalue weighted by Gasteiger charge is -2.14. The molecule has 3 rings (SSSR count). The van der Waals surface area contributed by atoms with Crippen LogP contribution in [0.4, 0.5) is 4.79 Å². The zero-order valence-corrected chi connectivity index (χ0v) is 13.6. The van der Waals surface area contributed by atoms with Gasteiger partial charge in [-0.2, -0.15) is 0 Å². The molecule has 1 fully saturated rings. The van der Waals surface area contributed by atoms with Crippen molar-refractivity contribution in [1.82, 2.24) is 20.9 Å². The number of amides is 4. The monoisotopic (exact) mass is 350 g/mol. The van der Waals surface area contributed by atoms with Crippen LogP contribution in [-0.4, -0.2) is 28.9 Å². The normalized spacial score (nSPS) is 18.0. The summed E-state index contributed by atoms with van der Waals surface area (Å²) < 4.78 is 0. The van der Waals surface area contributed by atoms with Gasteiger partial charge in [0.1, 0.15) is 11.0 Å². The summed E-state index contributed by atoms with van der Waals surface area (Å²) in [6.07, 6.45) is 0.414. The lowest BCUT2D eigenvalue weighted by Crippen LogP contribution is -2.48. The molecule has 0 radical (unpaired) electrons. The first-order valence-corrected chi connectivity index (χ1v) is 8.74. The molecule has 3 N–H and O–H groups in total. The molecule has 1 atom stereocenters. The lowest BCUT2D eigenvalue weighted by molar-refractivity contribution is -0.123. The number of hydrogen-bond acceptors (Lipinski definition) is 6. The van der Waals surface area contributed by atoms with Crippen LogP contribution >= 0.6 is 22.7 Å². The van der Waals surface area contributed by atoms with Gasteiger partial charge in [0, 0.05) is 11.8 Å². The average molecular weight is 350 g/mol. The Morgan fingerprint density at radius 2 is 2.26 bits per heavy atom. The van der Waals surface area contributed by atoms with Crippen molar-refractivity contribution in [3.8, 4) is 9.88 Å². The Morgan fingerprint density at radius 3 is 3.04 bits per heavy atom. The summed E-state index contributed by atoms with van der Waals surface area (Å²) in [7, 11) is 0. The van der Waals surface area contributed by atoms with E-state index in [1.54, 1.807) is 11.3 Å². The number of carbonyl (C=O) groups excluding carboxylic acids is 3. The van der Waals surface area contributed by atoms with E-state index in [1.807, 2.05) is 22.9 Å². The van der Waals surface area contributed by atoms with E-state index in [-0.39, 0.29) is 31.2 Å². The topological polar surface area (TPSA) is 100 Å². The van der Waals surface area contributed by atoms with Crippen LogP contribution in [0, 0.1) is 0 Å². The van der Waals surface area contributed by atoms with Gasteiger partial charge in [0.2, 0.25) is 11.8 Å². The molecular formula is C14H14N4O3S2. The highest BCUT2D eigenvalue weighted by Crippen LogP contribution is 2.27. The lowest BCUT2D eigenvalue weighted by atomic mass is 10.1. The molecule has 2 aromatic heterocycles. The van der Waals surface area contributed by atoms with Crippen molar-refractivity contribution >= 4 is 40.5 Å². The smallest absolute Gasteiger partial charge is 0.322 e. The minimum atomic E-state index is -0.711. The minimum Gasteiger partial charge on any atom is -0.349 e. The summed E-state index contributed by atoms with van der Waals surface area (Å²) in [6, 6.07) is 2.61. The van der Waals surface area contributed by atoms with Gasteiger partial charge in [-0.1, -0.05) is 6.07 Å². The van der Waals surface area contributed by atoms with Crippen LogP contribution in [0.3, 0.4) is 0 Å². The molecule has 0 bridgehead atoms. The van der Waals surface area contributed by atoms with Gasteiger partial charge in [0.05, 0.1) is 17.1 Å². The Kier molecular flexibility index (Phi) is 4.68. The predicted octanol–water partition coefficient (Wildman–Crippen LogP) is 1.48. The number of nitrogens with zero attached hydrogens (tertiary/aromatic N) is 1. The second-order valence-corrected chi connectivity index (χ2v) is 6.76. The van der Waals surface area contributed by atoms with Gasteiger partial charge in [-0.05, 0) is 17.9 Å². The molecule has 23 heavy (non-hydrogen) atoms. The van der Waals surface area contributed by atoms with Crippen LogP contribution in [-0.2, 0) is 16.1 Å². The number of thiophene rings is 1. The second kappa shape index (κ2) is 6.88. The molecule has 120 valence electrons. The molecular weight excluding hydrogens is 336 g/mol. The van der Waals surface area contributed by atoms with E-state index >= 15 is 0 Å². The second-order valence-electron chi connectivity index (χ2n) is 4.95. The molecule has 1 aliphatic rings. The van der Waals surface area contributed by atoms with Crippen molar-refractivity contribution in [2.75, 3.05) is 0 Å². The van der Waals surface area contributed by atoms with Gasteiger partial charge in [0.15, 0.2) is 0 Å². The maximum atomic E-state index is 12.1. The molecule has 9 heteroatoms.